The maximum Gasteiger partial charge on any atom is 0.416 e. The van der Waals surface area contributed by atoms with Crippen molar-refractivity contribution in [1.29, 1.82) is 0 Å². The number of aromatic nitrogens is 3. The van der Waals surface area contributed by atoms with Crippen molar-refractivity contribution in [2.75, 3.05) is 0 Å². The highest BCUT2D eigenvalue weighted by Gasteiger charge is 2.52. The summed E-state index contributed by atoms with van der Waals surface area (Å²) < 4.78 is 46.0. The highest BCUT2D eigenvalue weighted by Crippen LogP contribution is 2.50. The largest absolute Gasteiger partial charge is 0.444 e. The normalized spacial score (nSPS) is 23.8. The van der Waals surface area contributed by atoms with E-state index in [4.69, 9.17) is 4.74 Å². The number of fused-ring (bicyclic) bond motifs is 2. The van der Waals surface area contributed by atoms with Gasteiger partial charge in [-0.25, -0.2) is 14.5 Å². The molecule has 2 heterocycles. The molecule has 1 saturated heterocycles. The summed E-state index contributed by atoms with van der Waals surface area (Å²) in [5.74, 6) is 1.28. The molecule has 1 amide bonds. The van der Waals surface area contributed by atoms with Gasteiger partial charge in [0.15, 0.2) is 5.82 Å². The molecule has 0 spiro atoms. The monoisotopic (exact) mass is 422 g/mol. The molecular formula is C21H25F3N4O2. The van der Waals surface area contributed by atoms with Crippen molar-refractivity contribution < 1.29 is 22.7 Å². The van der Waals surface area contributed by atoms with Crippen LogP contribution in [0.25, 0.3) is 5.69 Å². The zero-order valence-electron chi connectivity index (χ0n) is 17.4. The topological polar surface area (TPSA) is 60.3 Å². The van der Waals surface area contributed by atoms with Crippen LogP contribution in [0.5, 0.6) is 0 Å². The molecule has 1 aliphatic carbocycles. The van der Waals surface area contributed by atoms with E-state index in [2.05, 4.69) is 10.1 Å². The van der Waals surface area contributed by atoms with Crippen LogP contribution < -0.4 is 0 Å². The Morgan fingerprint density at radius 2 is 1.80 bits per heavy atom. The summed E-state index contributed by atoms with van der Waals surface area (Å²) in [7, 11) is 0. The van der Waals surface area contributed by atoms with E-state index in [0.717, 1.165) is 31.4 Å². The fraction of sp³-hybridized carbons (Fsp3) is 0.571. The number of alkyl halides is 3. The molecule has 2 bridgehead atoms. The minimum atomic E-state index is -4.41. The molecule has 2 fully saturated rings. The van der Waals surface area contributed by atoms with Crippen molar-refractivity contribution in [2.24, 2.45) is 5.92 Å². The molecule has 1 aliphatic heterocycles. The van der Waals surface area contributed by atoms with Gasteiger partial charge in [-0.3, -0.25) is 4.90 Å². The molecule has 2 aliphatic rings. The number of carbonyl (C=O) groups is 1. The number of hydrogen-bond donors (Lipinski definition) is 0. The number of piperidine rings is 1. The summed E-state index contributed by atoms with van der Waals surface area (Å²) in [5, 5.41) is 4.41. The van der Waals surface area contributed by atoms with Crippen LogP contribution in [0.15, 0.2) is 24.3 Å². The van der Waals surface area contributed by atoms with Gasteiger partial charge in [-0.2, -0.15) is 18.3 Å². The molecule has 0 N–H and O–H groups in total. The maximum absolute atomic E-state index is 13.0. The van der Waals surface area contributed by atoms with Crippen LogP contribution >= 0.6 is 0 Å². The van der Waals surface area contributed by atoms with E-state index >= 15 is 0 Å². The van der Waals surface area contributed by atoms with Crippen LogP contribution in [-0.4, -0.2) is 37.4 Å². The number of likely N-dealkylation sites (tertiary alicyclic amines) is 1. The third kappa shape index (κ3) is 3.77. The van der Waals surface area contributed by atoms with Crippen molar-refractivity contribution in [3.8, 4) is 5.69 Å². The van der Waals surface area contributed by atoms with Crippen molar-refractivity contribution in [1.82, 2.24) is 19.7 Å². The molecule has 1 saturated carbocycles. The number of aryl methyl sites for hydroxylation is 1. The smallest absolute Gasteiger partial charge is 0.416 e. The molecule has 6 nitrogen and oxygen atoms in total. The van der Waals surface area contributed by atoms with Gasteiger partial charge in [0.2, 0.25) is 0 Å². The average Bonchev–Trinajstić information content (AvgIpc) is 3.33. The van der Waals surface area contributed by atoms with E-state index in [1.165, 1.54) is 12.1 Å². The number of hydrogen-bond acceptors (Lipinski definition) is 4. The lowest BCUT2D eigenvalue weighted by Gasteiger charge is -2.35. The van der Waals surface area contributed by atoms with Gasteiger partial charge in [0.05, 0.1) is 17.3 Å². The predicted octanol–water partition coefficient (Wildman–Crippen LogP) is 5.06. The first kappa shape index (κ1) is 20.7. The Morgan fingerprint density at radius 1 is 1.13 bits per heavy atom. The summed E-state index contributed by atoms with van der Waals surface area (Å²) in [6.07, 6.45) is -2.05. The van der Waals surface area contributed by atoms with Gasteiger partial charge in [0.25, 0.3) is 0 Å². The van der Waals surface area contributed by atoms with Gasteiger partial charge in [0, 0.05) is 6.04 Å². The van der Waals surface area contributed by atoms with Gasteiger partial charge >= 0.3 is 12.3 Å². The van der Waals surface area contributed by atoms with E-state index in [1.807, 2.05) is 20.8 Å². The lowest BCUT2D eigenvalue weighted by molar-refractivity contribution is -0.137. The van der Waals surface area contributed by atoms with Crippen molar-refractivity contribution in [3.63, 3.8) is 0 Å². The van der Waals surface area contributed by atoms with Crippen LogP contribution in [0, 0.1) is 12.8 Å². The third-order valence-electron chi connectivity index (χ3n) is 5.63. The molecule has 4 rings (SSSR count). The highest BCUT2D eigenvalue weighted by molar-refractivity contribution is 5.70. The van der Waals surface area contributed by atoms with Crippen molar-refractivity contribution >= 4 is 6.09 Å². The van der Waals surface area contributed by atoms with Crippen LogP contribution in [0.1, 0.15) is 63.3 Å². The van der Waals surface area contributed by atoms with E-state index in [-0.39, 0.29) is 24.1 Å². The first-order chi connectivity index (χ1) is 13.9. The molecule has 1 aromatic heterocycles. The van der Waals surface area contributed by atoms with Crippen molar-refractivity contribution in [3.05, 3.63) is 41.5 Å². The van der Waals surface area contributed by atoms with Crippen LogP contribution in [0.4, 0.5) is 18.0 Å². The Bertz CT molecular complexity index is 947. The minimum Gasteiger partial charge on any atom is -0.444 e. The Balaban J connectivity index is 1.71. The zero-order chi connectivity index (χ0) is 21.8. The molecule has 0 radical (unpaired) electrons. The molecule has 162 valence electrons. The summed E-state index contributed by atoms with van der Waals surface area (Å²) in [6.45, 7) is 7.20. The first-order valence-corrected chi connectivity index (χ1v) is 10.1. The van der Waals surface area contributed by atoms with Crippen LogP contribution in [0.2, 0.25) is 0 Å². The number of benzene rings is 1. The second-order valence-electron chi connectivity index (χ2n) is 9.03. The predicted molar refractivity (Wildman–Crippen MR) is 103 cm³/mol. The number of rotatable bonds is 2. The fourth-order valence-corrected chi connectivity index (χ4v) is 4.50. The van der Waals surface area contributed by atoms with E-state index < -0.39 is 17.3 Å². The number of carbonyl (C=O) groups excluding carboxylic acids is 1. The molecule has 3 atom stereocenters. The SMILES string of the molecule is Cc1nc([C@@H]2[C@H]3CC[C@H](C3)N2C(=O)OC(C)(C)C)n(-c2ccc(C(F)(F)F)cc2)n1. The Morgan fingerprint density at radius 3 is 2.40 bits per heavy atom. The molecule has 0 unspecified atom stereocenters. The summed E-state index contributed by atoms with van der Waals surface area (Å²) >= 11 is 0. The fourth-order valence-electron chi connectivity index (χ4n) is 4.50. The number of nitrogens with zero attached hydrogens (tertiary/aromatic N) is 4. The lowest BCUT2D eigenvalue weighted by Crippen LogP contribution is -2.44. The van der Waals surface area contributed by atoms with Gasteiger partial charge in [0.1, 0.15) is 11.4 Å². The molecule has 9 heteroatoms. The standard InChI is InChI=1S/C21H25F3N4O2/c1-12-25-18(28(26-12)15-9-6-14(7-10-15)21(22,23)24)17-13-5-8-16(11-13)27(17)19(29)30-20(2,3)4/h6-7,9-10,13,16-17H,5,8,11H2,1-4H3/t13-,16+,17-/m0/s1. The zero-order valence-corrected chi connectivity index (χ0v) is 17.4. The Kier molecular flexibility index (Phi) is 4.82. The molecule has 2 aromatic rings. The van der Waals surface area contributed by atoms with Gasteiger partial charge in [-0.1, -0.05) is 0 Å². The third-order valence-corrected chi connectivity index (χ3v) is 5.63. The lowest BCUT2D eigenvalue weighted by atomic mass is 9.98. The van der Waals surface area contributed by atoms with Gasteiger partial charge in [-0.05, 0) is 77.1 Å². The number of amides is 1. The summed E-state index contributed by atoms with van der Waals surface area (Å²) in [5.41, 5.74) is -0.869. The van der Waals surface area contributed by atoms with Crippen LogP contribution in [-0.2, 0) is 10.9 Å². The Hall–Kier alpha value is -2.58. The number of ether oxygens (including phenoxy) is 1. The maximum atomic E-state index is 13.0. The van der Waals surface area contributed by atoms with E-state index in [1.54, 1.807) is 16.5 Å². The highest BCUT2D eigenvalue weighted by atomic mass is 19.4. The van der Waals surface area contributed by atoms with Crippen LogP contribution in [0.3, 0.4) is 0 Å². The quantitative estimate of drug-likeness (QED) is 0.679. The average molecular weight is 422 g/mol. The minimum absolute atomic E-state index is 0.0768. The number of halogens is 3. The van der Waals surface area contributed by atoms with E-state index in [9.17, 15) is 18.0 Å². The Labute approximate surface area is 173 Å². The van der Waals surface area contributed by atoms with E-state index in [0.29, 0.717) is 17.3 Å². The second kappa shape index (κ2) is 6.99. The van der Waals surface area contributed by atoms with Gasteiger partial charge < -0.3 is 4.74 Å². The second-order valence-corrected chi connectivity index (χ2v) is 9.03. The van der Waals surface area contributed by atoms with Gasteiger partial charge in [-0.15, -0.1) is 0 Å². The molecular weight excluding hydrogens is 397 g/mol. The van der Waals surface area contributed by atoms with Crippen molar-refractivity contribution in [2.45, 2.75) is 70.8 Å². The molecule has 30 heavy (non-hydrogen) atoms. The summed E-state index contributed by atoms with van der Waals surface area (Å²) in [4.78, 5) is 19.3. The molecule has 1 aromatic carbocycles. The summed E-state index contributed by atoms with van der Waals surface area (Å²) in [6, 6.07) is 4.58. The first-order valence-electron chi connectivity index (χ1n) is 10.1.